The zero-order valence-electron chi connectivity index (χ0n) is 18.3. The highest BCUT2D eigenvalue weighted by Gasteiger charge is 2.33. The Morgan fingerprint density at radius 1 is 1.12 bits per heavy atom. The topological polar surface area (TPSA) is 91.9 Å². The molecule has 1 saturated heterocycles. The summed E-state index contributed by atoms with van der Waals surface area (Å²) >= 11 is 19.2. The van der Waals surface area contributed by atoms with Crippen LogP contribution in [0, 0.1) is 0 Å². The van der Waals surface area contributed by atoms with Crippen molar-refractivity contribution in [2.45, 2.75) is 12.6 Å². The minimum Gasteiger partial charge on any atom is -0.480 e. The second-order valence-electron chi connectivity index (χ2n) is 8.07. The Hall–Kier alpha value is -2.55. The van der Waals surface area contributed by atoms with E-state index in [0.717, 1.165) is 16.7 Å². The first-order chi connectivity index (χ1) is 16.2. The normalized spacial score (nSPS) is 16.5. The molecule has 3 N–H and O–H groups in total. The number of hydrogen-bond donors (Lipinski definition) is 2. The first kappa shape index (κ1) is 24.6. The lowest BCUT2D eigenvalue weighted by atomic mass is 10.0. The molecule has 0 bridgehead atoms. The molecule has 1 aliphatic rings. The number of aliphatic carboxylic acids is 1. The maximum Gasteiger partial charge on any atom is 0.327 e. The lowest BCUT2D eigenvalue weighted by Crippen LogP contribution is -2.55. The van der Waals surface area contributed by atoms with Gasteiger partial charge in [-0.05, 0) is 54.1 Å². The number of piperazine rings is 1. The van der Waals surface area contributed by atoms with E-state index in [-0.39, 0.29) is 15.9 Å². The average molecular weight is 522 g/mol. The molecule has 1 aromatic heterocycles. The third kappa shape index (κ3) is 5.40. The van der Waals surface area contributed by atoms with Gasteiger partial charge >= 0.3 is 5.97 Å². The van der Waals surface area contributed by atoms with Gasteiger partial charge in [0.1, 0.15) is 16.8 Å². The van der Waals surface area contributed by atoms with Crippen LogP contribution in [0.25, 0.3) is 11.1 Å². The molecule has 0 radical (unpaired) electrons. The molecular formula is C24H23Cl3N4O3. The summed E-state index contributed by atoms with van der Waals surface area (Å²) in [5.74, 6) is -0.120. The molecule has 1 fully saturated rings. The minimum atomic E-state index is -0.957. The highest BCUT2D eigenvalue weighted by Crippen LogP contribution is 2.38. The number of pyridine rings is 1. The molecule has 3 aromatic rings. The number of carbonyl (C=O) groups is 1. The summed E-state index contributed by atoms with van der Waals surface area (Å²) < 4.78 is 6.02. The van der Waals surface area contributed by atoms with Gasteiger partial charge in [-0.25, -0.2) is 4.79 Å². The van der Waals surface area contributed by atoms with Gasteiger partial charge in [0.05, 0.1) is 5.02 Å². The van der Waals surface area contributed by atoms with Crippen molar-refractivity contribution in [1.82, 2.24) is 9.88 Å². The number of nitrogens with zero attached hydrogens (tertiary/aromatic N) is 3. The second-order valence-corrected chi connectivity index (χ2v) is 9.32. The number of rotatable bonds is 6. The highest BCUT2D eigenvalue weighted by atomic mass is 35.5. The molecule has 178 valence electrons. The van der Waals surface area contributed by atoms with Gasteiger partial charge in [0, 0.05) is 31.2 Å². The van der Waals surface area contributed by atoms with Crippen LogP contribution in [0.5, 0.6) is 11.6 Å². The summed E-state index contributed by atoms with van der Waals surface area (Å²) in [6, 6.07) is 13.8. The zero-order chi connectivity index (χ0) is 24.4. The van der Waals surface area contributed by atoms with Crippen molar-refractivity contribution in [2.75, 3.05) is 31.6 Å². The lowest BCUT2D eigenvalue weighted by molar-refractivity contribution is -0.139. The number of anilines is 1. The van der Waals surface area contributed by atoms with Crippen LogP contribution in [0.1, 0.15) is 5.56 Å². The number of aromatic nitrogens is 1. The number of carboxylic acids is 1. The molecule has 34 heavy (non-hydrogen) atoms. The summed E-state index contributed by atoms with van der Waals surface area (Å²) in [6.07, 6.45) is 0. The molecule has 0 spiro atoms. The summed E-state index contributed by atoms with van der Waals surface area (Å²) in [5, 5.41) is 10.6. The van der Waals surface area contributed by atoms with Crippen LogP contribution in [0.3, 0.4) is 0 Å². The first-order valence-corrected chi connectivity index (χ1v) is 11.7. The summed E-state index contributed by atoms with van der Waals surface area (Å²) in [4.78, 5) is 20.0. The van der Waals surface area contributed by atoms with Gasteiger partial charge in [-0.2, -0.15) is 4.98 Å². The summed E-state index contributed by atoms with van der Waals surface area (Å²) in [6.45, 7) is 1.88. The van der Waals surface area contributed by atoms with E-state index in [0.29, 0.717) is 42.8 Å². The van der Waals surface area contributed by atoms with Crippen LogP contribution in [0.4, 0.5) is 5.82 Å². The van der Waals surface area contributed by atoms with Crippen LogP contribution < -0.4 is 15.4 Å². The Kier molecular flexibility index (Phi) is 7.50. The Morgan fingerprint density at radius 3 is 2.65 bits per heavy atom. The smallest absolute Gasteiger partial charge is 0.327 e. The minimum absolute atomic E-state index is 0.105. The number of carboxylic acid groups (broad SMARTS) is 1. The van der Waals surface area contributed by atoms with E-state index in [9.17, 15) is 9.90 Å². The van der Waals surface area contributed by atoms with E-state index < -0.39 is 12.0 Å². The maximum atomic E-state index is 11.9. The van der Waals surface area contributed by atoms with Crippen LogP contribution in [0.15, 0.2) is 48.5 Å². The molecule has 0 saturated carbocycles. The quantitative estimate of drug-likeness (QED) is 0.463. The fourth-order valence-corrected chi connectivity index (χ4v) is 4.61. The van der Waals surface area contributed by atoms with Gasteiger partial charge in [0.25, 0.3) is 0 Å². The number of likely N-dealkylation sites (N-methyl/N-ethyl adjacent to an activating group) is 1. The van der Waals surface area contributed by atoms with E-state index in [2.05, 4.69) is 4.98 Å². The predicted molar refractivity (Wildman–Crippen MR) is 135 cm³/mol. The predicted octanol–water partition coefficient (Wildman–Crippen LogP) is 5.16. The molecule has 1 aliphatic heterocycles. The number of nitrogens with two attached hydrogens (primary N) is 1. The van der Waals surface area contributed by atoms with Crippen LogP contribution in [-0.2, 0) is 11.3 Å². The third-order valence-corrected chi connectivity index (χ3v) is 6.37. The molecule has 7 nitrogen and oxygen atoms in total. The van der Waals surface area contributed by atoms with Crippen molar-refractivity contribution < 1.29 is 14.6 Å². The molecule has 2 heterocycles. The van der Waals surface area contributed by atoms with Crippen LogP contribution >= 0.6 is 34.8 Å². The van der Waals surface area contributed by atoms with E-state index in [1.807, 2.05) is 48.3 Å². The molecule has 1 unspecified atom stereocenters. The number of halogens is 3. The molecule has 4 rings (SSSR count). The Balaban J connectivity index is 1.68. The molecule has 2 aromatic carbocycles. The van der Waals surface area contributed by atoms with E-state index in [1.165, 1.54) is 6.07 Å². The van der Waals surface area contributed by atoms with Gasteiger partial charge < -0.3 is 25.4 Å². The Bertz CT molecular complexity index is 1220. The fourth-order valence-electron chi connectivity index (χ4n) is 3.88. The lowest BCUT2D eigenvalue weighted by Gasteiger charge is -2.38. The van der Waals surface area contributed by atoms with Gasteiger partial charge in [-0.3, -0.25) is 0 Å². The first-order valence-electron chi connectivity index (χ1n) is 10.6. The third-order valence-electron chi connectivity index (χ3n) is 5.60. The van der Waals surface area contributed by atoms with Crippen molar-refractivity contribution in [3.8, 4) is 22.8 Å². The van der Waals surface area contributed by atoms with E-state index in [4.69, 9.17) is 45.3 Å². The van der Waals surface area contributed by atoms with Crippen molar-refractivity contribution in [2.24, 2.45) is 5.73 Å². The highest BCUT2D eigenvalue weighted by molar-refractivity contribution is 6.36. The molecule has 10 heteroatoms. The van der Waals surface area contributed by atoms with Crippen LogP contribution in [-0.4, -0.2) is 53.7 Å². The second kappa shape index (κ2) is 10.4. The van der Waals surface area contributed by atoms with Crippen LogP contribution in [0.2, 0.25) is 15.1 Å². The molecular weight excluding hydrogens is 499 g/mol. The summed E-state index contributed by atoms with van der Waals surface area (Å²) in [7, 11) is 1.87. The molecule has 0 aliphatic carbocycles. The monoisotopic (exact) mass is 520 g/mol. The van der Waals surface area contributed by atoms with Gasteiger partial charge in [0.15, 0.2) is 5.82 Å². The van der Waals surface area contributed by atoms with E-state index in [1.54, 1.807) is 11.0 Å². The van der Waals surface area contributed by atoms with Gasteiger partial charge in [-0.1, -0.05) is 53.0 Å². The Labute approximate surface area is 212 Å². The Morgan fingerprint density at radius 2 is 1.91 bits per heavy atom. The SMILES string of the molecule is CN1CCN(c2nc(Oc3cc(Cl)cc(-c4cccc(CN)c4)c3)c(Cl)cc2Cl)C(C(=O)O)C1. The largest absolute Gasteiger partial charge is 0.480 e. The number of hydrogen-bond acceptors (Lipinski definition) is 6. The summed E-state index contributed by atoms with van der Waals surface area (Å²) in [5.41, 5.74) is 8.54. The zero-order valence-corrected chi connectivity index (χ0v) is 20.6. The van der Waals surface area contributed by atoms with Crippen molar-refractivity contribution in [3.63, 3.8) is 0 Å². The standard InChI is InChI=1S/C24H23Cl3N4O3/c1-30-5-6-31(21(13-30)24(32)33)22-19(26)11-20(27)23(29-22)34-18-9-16(8-17(25)10-18)15-4-2-3-14(7-15)12-28/h2-4,7-11,21H,5-6,12-13,28H2,1H3,(H,32,33). The van der Waals surface area contributed by atoms with Crippen molar-refractivity contribution >= 4 is 46.6 Å². The van der Waals surface area contributed by atoms with Gasteiger partial charge in [-0.15, -0.1) is 0 Å². The fraction of sp³-hybridized carbons (Fsp3) is 0.250. The molecule has 1 atom stereocenters. The average Bonchev–Trinajstić information content (AvgIpc) is 2.80. The number of benzene rings is 2. The van der Waals surface area contributed by atoms with E-state index >= 15 is 0 Å². The van der Waals surface area contributed by atoms with Crippen molar-refractivity contribution in [3.05, 3.63) is 69.2 Å². The van der Waals surface area contributed by atoms with Crippen molar-refractivity contribution in [1.29, 1.82) is 0 Å². The van der Waals surface area contributed by atoms with Gasteiger partial charge in [0.2, 0.25) is 5.88 Å². The maximum absolute atomic E-state index is 11.9. The molecule has 0 amide bonds. The number of ether oxygens (including phenoxy) is 1.